The van der Waals surface area contributed by atoms with E-state index in [0.717, 1.165) is 14.6 Å². The van der Waals surface area contributed by atoms with Gasteiger partial charge in [0.25, 0.3) is 0 Å². The molecule has 2 aromatic rings. The third-order valence-corrected chi connectivity index (χ3v) is 4.27. The highest BCUT2D eigenvalue weighted by atomic mass is 35.5. The number of rotatable bonds is 4. The van der Waals surface area contributed by atoms with Gasteiger partial charge in [-0.25, -0.2) is 4.98 Å². The molecule has 1 aromatic heterocycles. The molecule has 19 heavy (non-hydrogen) atoms. The molecule has 0 saturated heterocycles. The normalized spacial score (nSPS) is 10.4. The number of fused-ring (bicyclic) bond motifs is 1. The van der Waals surface area contributed by atoms with Gasteiger partial charge < -0.3 is 5.32 Å². The summed E-state index contributed by atoms with van der Waals surface area (Å²) in [4.78, 5) is 26.4. The lowest BCUT2D eigenvalue weighted by atomic mass is 10.3. The van der Waals surface area contributed by atoms with Crippen molar-refractivity contribution in [2.75, 3.05) is 11.2 Å². The summed E-state index contributed by atoms with van der Waals surface area (Å²) in [6.07, 6.45) is 0. The van der Waals surface area contributed by atoms with E-state index in [9.17, 15) is 9.59 Å². The number of aromatic nitrogens is 1. The molecule has 0 aliphatic heterocycles. The second kappa shape index (κ2) is 6.23. The van der Waals surface area contributed by atoms with Crippen LogP contribution in [0, 0.1) is 0 Å². The Morgan fingerprint density at radius 1 is 1.47 bits per heavy atom. The first-order chi connectivity index (χ1) is 9.08. The number of halogens is 1. The molecule has 1 aromatic carbocycles. The highest BCUT2D eigenvalue weighted by Gasteiger charge is 2.07. The average molecular weight is 316 g/mol. The number of amides is 2. The SMILES string of the molecule is CC(=O)NSc1nc2ccc(NC(=O)CCl)cc2s1. The molecular formula is C11H10ClN3O2S2. The fourth-order valence-corrected chi connectivity index (χ4v) is 3.07. The molecule has 2 rings (SSSR count). The smallest absolute Gasteiger partial charge is 0.239 e. The average Bonchev–Trinajstić information content (AvgIpc) is 2.78. The number of thiazole rings is 1. The summed E-state index contributed by atoms with van der Waals surface area (Å²) in [5.41, 5.74) is 1.50. The summed E-state index contributed by atoms with van der Waals surface area (Å²) >= 11 is 8.05. The molecule has 1 heterocycles. The largest absolute Gasteiger partial charge is 0.325 e. The highest BCUT2D eigenvalue weighted by molar-refractivity contribution is 7.99. The van der Waals surface area contributed by atoms with Crippen LogP contribution in [0.5, 0.6) is 0 Å². The van der Waals surface area contributed by atoms with Crippen LogP contribution in [0.15, 0.2) is 22.5 Å². The number of hydrogen-bond donors (Lipinski definition) is 2. The van der Waals surface area contributed by atoms with Crippen LogP contribution in [0.1, 0.15) is 6.92 Å². The fraction of sp³-hybridized carbons (Fsp3) is 0.182. The number of benzene rings is 1. The van der Waals surface area contributed by atoms with E-state index in [1.165, 1.54) is 30.2 Å². The van der Waals surface area contributed by atoms with E-state index in [4.69, 9.17) is 11.6 Å². The molecule has 0 aliphatic rings. The van der Waals surface area contributed by atoms with E-state index in [0.29, 0.717) is 5.69 Å². The number of carbonyl (C=O) groups is 2. The Hall–Kier alpha value is -1.31. The van der Waals surface area contributed by atoms with Gasteiger partial charge in [-0.2, -0.15) is 0 Å². The van der Waals surface area contributed by atoms with Crippen LogP contribution < -0.4 is 10.0 Å². The maximum Gasteiger partial charge on any atom is 0.239 e. The van der Waals surface area contributed by atoms with E-state index >= 15 is 0 Å². The molecule has 5 nitrogen and oxygen atoms in total. The Morgan fingerprint density at radius 3 is 2.95 bits per heavy atom. The first-order valence-corrected chi connectivity index (χ1v) is 7.45. The van der Waals surface area contributed by atoms with Crippen LogP contribution in [0.4, 0.5) is 5.69 Å². The van der Waals surface area contributed by atoms with Crippen molar-refractivity contribution in [3.8, 4) is 0 Å². The number of anilines is 1. The standard InChI is InChI=1S/C11H10ClN3O2S2/c1-6(16)15-19-11-14-8-3-2-7(4-9(8)18-11)13-10(17)5-12/h2-4H,5H2,1H3,(H,13,17)(H,15,16). The molecule has 100 valence electrons. The molecule has 8 heteroatoms. The summed E-state index contributed by atoms with van der Waals surface area (Å²) in [5.74, 6) is -0.456. The number of carbonyl (C=O) groups excluding carboxylic acids is 2. The third-order valence-electron chi connectivity index (χ3n) is 2.06. The highest BCUT2D eigenvalue weighted by Crippen LogP contribution is 2.29. The van der Waals surface area contributed by atoms with E-state index in [1.54, 1.807) is 6.07 Å². The molecule has 0 fully saturated rings. The van der Waals surface area contributed by atoms with Gasteiger partial charge in [0, 0.05) is 24.6 Å². The minimum Gasteiger partial charge on any atom is -0.325 e. The van der Waals surface area contributed by atoms with Gasteiger partial charge in [-0.05, 0) is 18.2 Å². The third kappa shape index (κ3) is 3.82. The quantitative estimate of drug-likeness (QED) is 0.672. The van der Waals surface area contributed by atoms with Gasteiger partial charge >= 0.3 is 0 Å². The Kier molecular flexibility index (Phi) is 4.62. The zero-order valence-electron chi connectivity index (χ0n) is 9.90. The molecule has 0 radical (unpaired) electrons. The van der Waals surface area contributed by atoms with Crippen LogP contribution in [0.25, 0.3) is 10.2 Å². The van der Waals surface area contributed by atoms with Crippen LogP contribution in [-0.2, 0) is 9.59 Å². The van der Waals surface area contributed by atoms with Crippen LogP contribution in [0.3, 0.4) is 0 Å². The van der Waals surface area contributed by atoms with Crippen molar-refractivity contribution < 1.29 is 9.59 Å². The number of nitrogens with zero attached hydrogens (tertiary/aromatic N) is 1. The summed E-state index contributed by atoms with van der Waals surface area (Å²) < 4.78 is 4.29. The van der Waals surface area contributed by atoms with E-state index in [1.807, 2.05) is 12.1 Å². The molecule has 2 N–H and O–H groups in total. The number of nitrogens with one attached hydrogen (secondary N) is 2. The zero-order valence-corrected chi connectivity index (χ0v) is 12.3. The molecule has 0 unspecified atom stereocenters. The van der Waals surface area contributed by atoms with Crippen molar-refractivity contribution in [1.29, 1.82) is 0 Å². The maximum atomic E-state index is 11.2. The molecule has 0 spiro atoms. The van der Waals surface area contributed by atoms with Crippen molar-refractivity contribution in [3.05, 3.63) is 18.2 Å². The van der Waals surface area contributed by atoms with Crippen molar-refractivity contribution in [2.24, 2.45) is 0 Å². The van der Waals surface area contributed by atoms with Crippen LogP contribution in [0.2, 0.25) is 0 Å². The van der Waals surface area contributed by atoms with Crippen molar-refractivity contribution in [1.82, 2.24) is 9.71 Å². The molecule has 2 amide bonds. The molecule has 0 atom stereocenters. The van der Waals surface area contributed by atoms with Crippen LogP contribution in [-0.4, -0.2) is 22.7 Å². The zero-order chi connectivity index (χ0) is 13.8. The van der Waals surface area contributed by atoms with Gasteiger partial charge in [0.05, 0.1) is 10.2 Å². The summed E-state index contributed by atoms with van der Waals surface area (Å²) in [6.45, 7) is 1.44. The predicted molar refractivity (Wildman–Crippen MR) is 78.6 cm³/mol. The number of alkyl halides is 1. The fourth-order valence-electron chi connectivity index (χ4n) is 1.33. The van der Waals surface area contributed by atoms with Crippen molar-refractivity contribution in [3.63, 3.8) is 0 Å². The monoisotopic (exact) mass is 315 g/mol. The first kappa shape index (κ1) is 14.1. The van der Waals surface area contributed by atoms with Gasteiger partial charge in [-0.15, -0.1) is 22.9 Å². The van der Waals surface area contributed by atoms with Gasteiger partial charge in [-0.3, -0.25) is 14.3 Å². The molecule has 0 bridgehead atoms. The Morgan fingerprint density at radius 2 is 2.26 bits per heavy atom. The van der Waals surface area contributed by atoms with Gasteiger partial charge in [0.1, 0.15) is 5.88 Å². The number of hydrogen-bond acceptors (Lipinski definition) is 5. The van der Waals surface area contributed by atoms with Gasteiger partial charge in [0.15, 0.2) is 4.34 Å². The Bertz CT molecular complexity index is 629. The summed E-state index contributed by atoms with van der Waals surface area (Å²) in [7, 11) is 0. The maximum absolute atomic E-state index is 11.2. The Labute approximate surface area is 122 Å². The molecular weight excluding hydrogens is 306 g/mol. The van der Waals surface area contributed by atoms with Crippen molar-refractivity contribution >= 4 is 62.6 Å². The minimum absolute atomic E-state index is 0.0790. The van der Waals surface area contributed by atoms with E-state index < -0.39 is 0 Å². The van der Waals surface area contributed by atoms with Gasteiger partial charge in [0.2, 0.25) is 11.8 Å². The topological polar surface area (TPSA) is 71.1 Å². The Balaban J connectivity index is 2.18. The lowest BCUT2D eigenvalue weighted by Crippen LogP contribution is -2.12. The minimum atomic E-state index is -0.252. The molecule has 0 saturated carbocycles. The second-order valence-corrected chi connectivity index (χ2v) is 5.96. The summed E-state index contributed by atoms with van der Waals surface area (Å²) in [6, 6.07) is 5.40. The van der Waals surface area contributed by atoms with E-state index in [-0.39, 0.29) is 17.7 Å². The van der Waals surface area contributed by atoms with Crippen LogP contribution >= 0.6 is 34.9 Å². The molecule has 0 aliphatic carbocycles. The van der Waals surface area contributed by atoms with Crippen molar-refractivity contribution in [2.45, 2.75) is 11.3 Å². The summed E-state index contributed by atoms with van der Waals surface area (Å²) in [5, 5.41) is 2.67. The van der Waals surface area contributed by atoms with Gasteiger partial charge in [-0.1, -0.05) is 0 Å². The second-order valence-electron chi connectivity index (χ2n) is 3.60. The van der Waals surface area contributed by atoms with E-state index in [2.05, 4.69) is 15.0 Å². The predicted octanol–water partition coefficient (Wildman–Crippen LogP) is 2.62. The first-order valence-electron chi connectivity index (χ1n) is 5.28. The lowest BCUT2D eigenvalue weighted by molar-refractivity contribution is -0.117. The lowest BCUT2D eigenvalue weighted by Gasteiger charge is -2.01.